The predicted octanol–water partition coefficient (Wildman–Crippen LogP) is -2.38. The van der Waals surface area contributed by atoms with Crippen LogP contribution in [0.3, 0.4) is 0 Å². The van der Waals surface area contributed by atoms with Crippen LogP contribution in [0.2, 0.25) is 0 Å². The fourth-order valence-electron chi connectivity index (χ4n) is 0.351. The molecule has 12 heteroatoms. The number of rotatable bonds is 3. The monoisotopic (exact) mass is 246 g/mol. The smallest absolute Gasteiger partial charge is 0.404 e. The summed E-state index contributed by atoms with van der Waals surface area (Å²) >= 11 is -1.66. The molecular formula is Al2O8S2. The van der Waals surface area contributed by atoms with Gasteiger partial charge in [0, 0.05) is 0 Å². The van der Waals surface area contributed by atoms with Crippen LogP contribution in [0.1, 0.15) is 0 Å². The van der Waals surface area contributed by atoms with E-state index in [1.165, 1.54) is 16.6 Å². The SMILES string of the molecule is O=S(=O)([O][Al])[O][Al]1[O]S(=O)(=O)[O]1. The molecule has 12 heavy (non-hydrogen) atoms. The highest BCUT2D eigenvalue weighted by Gasteiger charge is 2.55. The topological polar surface area (TPSA) is 105 Å². The van der Waals surface area contributed by atoms with Gasteiger partial charge in [-0.25, -0.2) is 0 Å². The third kappa shape index (κ3) is 2.94. The van der Waals surface area contributed by atoms with Crippen molar-refractivity contribution in [3.63, 3.8) is 0 Å². The first-order valence-corrected chi connectivity index (χ1v) is 6.83. The van der Waals surface area contributed by atoms with Gasteiger partial charge in [-0.2, -0.15) is 16.8 Å². The normalized spacial score (nSPS) is 21.8. The summed E-state index contributed by atoms with van der Waals surface area (Å²) in [5, 5.41) is 0. The maximum atomic E-state index is 10.4. The summed E-state index contributed by atoms with van der Waals surface area (Å²) in [4.78, 5) is 0. The van der Waals surface area contributed by atoms with E-state index in [9.17, 15) is 16.8 Å². The molecule has 0 bridgehead atoms. The summed E-state index contributed by atoms with van der Waals surface area (Å²) in [5.74, 6) is 0. The molecule has 1 saturated heterocycles. The fraction of sp³-hybridized carbons (Fsp3) is 0. The lowest BCUT2D eigenvalue weighted by Crippen LogP contribution is -2.44. The fourth-order valence-corrected chi connectivity index (χ4v) is 4.14. The van der Waals surface area contributed by atoms with E-state index in [4.69, 9.17) is 0 Å². The maximum Gasteiger partial charge on any atom is 0.956 e. The van der Waals surface area contributed by atoms with E-state index in [2.05, 4.69) is 12.9 Å². The van der Waals surface area contributed by atoms with Crippen molar-refractivity contribution < 1.29 is 29.8 Å². The van der Waals surface area contributed by atoms with Crippen LogP contribution in [-0.2, 0) is 33.7 Å². The molecular weight excluding hydrogens is 246 g/mol. The van der Waals surface area contributed by atoms with Crippen LogP contribution < -0.4 is 0 Å². The molecule has 1 aliphatic rings. The molecule has 1 fully saturated rings. The van der Waals surface area contributed by atoms with Crippen LogP contribution in [0, 0.1) is 0 Å². The van der Waals surface area contributed by atoms with Crippen LogP contribution in [0.5, 0.6) is 0 Å². The van der Waals surface area contributed by atoms with Crippen LogP contribution >= 0.6 is 0 Å². The Labute approximate surface area is 82.2 Å². The van der Waals surface area contributed by atoms with Gasteiger partial charge in [0.25, 0.3) is 0 Å². The molecule has 0 aliphatic carbocycles. The summed E-state index contributed by atoms with van der Waals surface area (Å²) in [5.41, 5.74) is 0. The Bertz CT molecular complexity index is 337. The lowest BCUT2D eigenvalue weighted by Gasteiger charge is -2.19. The van der Waals surface area contributed by atoms with Crippen LogP contribution in [0.4, 0.5) is 0 Å². The van der Waals surface area contributed by atoms with Crippen LogP contribution in [0.25, 0.3) is 0 Å². The molecule has 0 amide bonds. The molecule has 0 N–H and O–H groups in total. The first-order valence-electron chi connectivity index (χ1n) is 2.28. The Hall–Kier alpha value is 0.805. The lowest BCUT2D eigenvalue weighted by molar-refractivity contribution is 0.211. The molecule has 0 unspecified atom stereocenters. The highest BCUT2D eigenvalue weighted by atomic mass is 32.3. The van der Waals surface area contributed by atoms with Crippen LogP contribution in [-0.4, -0.2) is 48.6 Å². The molecule has 0 aromatic carbocycles. The molecule has 8 nitrogen and oxygen atoms in total. The third-order valence-corrected chi connectivity index (χ3v) is 6.36. The standard InChI is InChI=1S/2Al.2H2O4S/c;;2*1-5(2,3)4/h;;2*(H2,1,2,3,4)/q+1;+3;;/p-4. The first-order chi connectivity index (χ1) is 5.35. The molecule has 0 aromatic heterocycles. The molecule has 1 aliphatic heterocycles. The Morgan fingerprint density at radius 2 is 1.83 bits per heavy atom. The minimum Gasteiger partial charge on any atom is -0.404 e. The maximum absolute atomic E-state index is 10.4. The van der Waals surface area contributed by atoms with Gasteiger partial charge < -0.3 is 12.9 Å². The summed E-state index contributed by atoms with van der Waals surface area (Å²) in [6.45, 7) is 0. The van der Waals surface area contributed by atoms with Gasteiger partial charge in [-0.1, -0.05) is 0 Å². The van der Waals surface area contributed by atoms with Gasteiger partial charge in [0.1, 0.15) is 0 Å². The molecule has 1 heterocycles. The number of hydrogen-bond donors (Lipinski definition) is 0. The van der Waals surface area contributed by atoms with Gasteiger partial charge in [-0.3, -0.25) is 0 Å². The lowest BCUT2D eigenvalue weighted by atomic mass is 15.6. The van der Waals surface area contributed by atoms with Gasteiger partial charge in [0.2, 0.25) is 0 Å². The largest absolute Gasteiger partial charge is 0.956 e. The van der Waals surface area contributed by atoms with E-state index in [1.807, 2.05) is 0 Å². The molecule has 0 aromatic rings. The summed E-state index contributed by atoms with van der Waals surface area (Å²) < 4.78 is 56.8. The van der Waals surface area contributed by atoms with E-state index in [0.29, 0.717) is 0 Å². The minimum absolute atomic E-state index is 1.42. The first kappa shape index (κ1) is 10.9. The second-order valence-corrected chi connectivity index (χ2v) is 6.78. The Kier molecular flexibility index (Phi) is 3.19. The second-order valence-electron chi connectivity index (χ2n) is 1.49. The highest BCUT2D eigenvalue weighted by molar-refractivity contribution is 7.87. The molecule has 2 radical (unpaired) electrons. The van der Waals surface area contributed by atoms with Gasteiger partial charge in [0.15, 0.2) is 0 Å². The van der Waals surface area contributed by atoms with Crippen molar-refractivity contribution in [2.45, 2.75) is 0 Å². The third-order valence-electron chi connectivity index (χ3n) is 0.707. The van der Waals surface area contributed by atoms with Crippen molar-refractivity contribution in [3.05, 3.63) is 0 Å². The number of hydrogen-bond acceptors (Lipinski definition) is 8. The quantitative estimate of drug-likeness (QED) is 0.508. The van der Waals surface area contributed by atoms with Crippen LogP contribution in [0.15, 0.2) is 0 Å². The van der Waals surface area contributed by atoms with Gasteiger partial charge >= 0.3 is 52.6 Å². The average Bonchev–Trinajstić information content (AvgIpc) is 1.83. The molecule has 0 atom stereocenters. The summed E-state index contributed by atoms with van der Waals surface area (Å²) in [6, 6.07) is 0. The Balaban J connectivity index is 2.48. The Morgan fingerprint density at radius 1 is 1.33 bits per heavy atom. The van der Waals surface area contributed by atoms with Gasteiger partial charge in [-0.15, -0.1) is 0 Å². The van der Waals surface area contributed by atoms with Gasteiger partial charge in [0.05, 0.1) is 0 Å². The Morgan fingerprint density at radius 3 is 2.17 bits per heavy atom. The van der Waals surface area contributed by atoms with Crippen molar-refractivity contribution in [2.24, 2.45) is 0 Å². The zero-order valence-electron chi connectivity index (χ0n) is 5.24. The van der Waals surface area contributed by atoms with Crippen molar-refractivity contribution in [1.29, 1.82) is 0 Å². The second kappa shape index (κ2) is 3.51. The predicted molar refractivity (Wildman–Crippen MR) is 33.7 cm³/mol. The van der Waals surface area contributed by atoms with Crippen molar-refractivity contribution in [1.82, 2.24) is 0 Å². The summed E-state index contributed by atoms with van der Waals surface area (Å²) in [6.07, 6.45) is 0. The molecule has 0 spiro atoms. The van der Waals surface area contributed by atoms with Crippen molar-refractivity contribution >= 4 is 52.6 Å². The van der Waals surface area contributed by atoms with Crippen molar-refractivity contribution in [3.8, 4) is 0 Å². The summed E-state index contributed by atoms with van der Waals surface area (Å²) in [7, 11) is -8.22. The highest BCUT2D eigenvalue weighted by Crippen LogP contribution is 2.17. The molecule has 66 valence electrons. The zero-order valence-corrected chi connectivity index (χ0v) is 9.18. The van der Waals surface area contributed by atoms with E-state index in [1.54, 1.807) is 0 Å². The van der Waals surface area contributed by atoms with Gasteiger partial charge in [-0.05, 0) is 0 Å². The zero-order chi connectivity index (χ0) is 9.41. The van der Waals surface area contributed by atoms with E-state index >= 15 is 0 Å². The molecule has 0 saturated carbocycles. The minimum atomic E-state index is -4.22. The van der Waals surface area contributed by atoms with Crippen molar-refractivity contribution in [2.75, 3.05) is 0 Å². The molecule has 1 rings (SSSR count). The average molecular weight is 246 g/mol. The van der Waals surface area contributed by atoms with E-state index in [0.717, 1.165) is 0 Å². The van der Waals surface area contributed by atoms with E-state index in [-0.39, 0.29) is 0 Å². The van der Waals surface area contributed by atoms with E-state index < -0.39 is 35.9 Å².